The fourth-order valence-corrected chi connectivity index (χ4v) is 5.30. The molecule has 0 spiro atoms. The summed E-state index contributed by atoms with van der Waals surface area (Å²) in [4.78, 5) is 52.8. The first kappa shape index (κ1) is 30.0. The number of carboxylic acids is 1. The molecular formula is C31H40N4O6. The summed E-state index contributed by atoms with van der Waals surface area (Å²) in [5.41, 5.74) is -0.801. The van der Waals surface area contributed by atoms with Gasteiger partial charge < -0.3 is 30.7 Å². The number of benzene rings is 2. The maximum absolute atomic E-state index is 13.2. The number of amides is 3. The molecule has 0 aliphatic carbocycles. The monoisotopic (exact) mass is 564 g/mol. The number of nitrogens with one attached hydrogen (secondary N) is 3. The van der Waals surface area contributed by atoms with Crippen molar-refractivity contribution in [3.63, 3.8) is 0 Å². The van der Waals surface area contributed by atoms with Crippen molar-refractivity contribution in [3.05, 3.63) is 65.7 Å². The average molecular weight is 565 g/mol. The lowest BCUT2D eigenvalue weighted by Gasteiger charge is -2.35. The molecule has 2 aromatic carbocycles. The molecule has 0 bridgehead atoms. The van der Waals surface area contributed by atoms with Gasteiger partial charge in [0.05, 0.1) is 5.92 Å². The Bertz CT molecular complexity index is 1200. The zero-order chi connectivity index (χ0) is 29.2. The van der Waals surface area contributed by atoms with Crippen LogP contribution in [-0.2, 0) is 21.0 Å². The Kier molecular flexibility index (Phi) is 10.3. The molecule has 0 aromatic heterocycles. The van der Waals surface area contributed by atoms with Gasteiger partial charge in [-0.1, -0.05) is 30.3 Å². The van der Waals surface area contributed by atoms with Crippen LogP contribution in [-0.4, -0.2) is 65.5 Å². The van der Waals surface area contributed by atoms with Crippen LogP contribution in [0.1, 0.15) is 61.4 Å². The van der Waals surface area contributed by atoms with E-state index >= 15 is 0 Å². The van der Waals surface area contributed by atoms with Crippen molar-refractivity contribution in [2.24, 2.45) is 11.8 Å². The molecule has 4 rings (SSSR count). The molecule has 2 aromatic rings. The Hall–Kier alpha value is -3.92. The van der Waals surface area contributed by atoms with Gasteiger partial charge in [0.1, 0.15) is 12.4 Å². The Balaban J connectivity index is 1.30. The maximum atomic E-state index is 13.2. The summed E-state index contributed by atoms with van der Waals surface area (Å²) in [6.45, 7) is 4.42. The molecule has 41 heavy (non-hydrogen) atoms. The van der Waals surface area contributed by atoms with Crippen LogP contribution < -0.4 is 20.7 Å². The molecule has 0 saturated carbocycles. The van der Waals surface area contributed by atoms with Gasteiger partial charge >= 0.3 is 5.97 Å². The smallest absolute Gasteiger partial charge is 0.350 e. The van der Waals surface area contributed by atoms with Gasteiger partial charge in [0.25, 0.3) is 5.91 Å². The fourth-order valence-electron chi connectivity index (χ4n) is 5.30. The third-order valence-electron chi connectivity index (χ3n) is 7.90. The molecule has 2 heterocycles. The largest absolute Gasteiger partial charge is 0.489 e. The summed E-state index contributed by atoms with van der Waals surface area (Å²) >= 11 is 0. The summed E-state index contributed by atoms with van der Waals surface area (Å²) in [7, 11) is 0. The van der Waals surface area contributed by atoms with E-state index in [-0.39, 0.29) is 18.0 Å². The molecule has 10 heteroatoms. The molecular weight excluding hydrogens is 524 g/mol. The number of carbonyl (C=O) groups is 4. The number of piperidine rings is 2. The summed E-state index contributed by atoms with van der Waals surface area (Å²) in [6, 6.07) is 16.0. The number of likely N-dealkylation sites (tertiary alicyclic amines) is 1. The quantitative estimate of drug-likeness (QED) is 0.308. The zero-order valence-electron chi connectivity index (χ0n) is 23.6. The van der Waals surface area contributed by atoms with Gasteiger partial charge in [0, 0.05) is 25.1 Å². The van der Waals surface area contributed by atoms with Crippen molar-refractivity contribution in [1.82, 2.24) is 20.9 Å². The van der Waals surface area contributed by atoms with Gasteiger partial charge in [-0.15, -0.1) is 0 Å². The first-order valence-corrected chi connectivity index (χ1v) is 14.4. The Morgan fingerprint density at radius 1 is 1.00 bits per heavy atom. The molecule has 4 N–H and O–H groups in total. The molecule has 10 nitrogen and oxygen atoms in total. The van der Waals surface area contributed by atoms with E-state index in [9.17, 15) is 24.3 Å². The summed E-state index contributed by atoms with van der Waals surface area (Å²) in [5, 5.41) is 18.2. The van der Waals surface area contributed by atoms with Crippen molar-refractivity contribution in [2.45, 2.75) is 57.7 Å². The number of ether oxygens (including phenoxy) is 1. The highest BCUT2D eigenvalue weighted by Gasteiger charge is 2.39. The maximum Gasteiger partial charge on any atom is 0.350 e. The minimum Gasteiger partial charge on any atom is -0.489 e. The van der Waals surface area contributed by atoms with Crippen LogP contribution in [0.15, 0.2) is 54.6 Å². The number of rotatable bonds is 11. The third kappa shape index (κ3) is 8.53. The van der Waals surface area contributed by atoms with E-state index in [1.54, 1.807) is 17.0 Å². The predicted octanol–water partition coefficient (Wildman–Crippen LogP) is 2.93. The van der Waals surface area contributed by atoms with Crippen molar-refractivity contribution >= 4 is 23.7 Å². The lowest BCUT2D eigenvalue weighted by molar-refractivity contribution is -0.149. The number of carboxylic acid groups (broad SMARTS) is 1. The van der Waals surface area contributed by atoms with Crippen LogP contribution in [0.3, 0.4) is 0 Å². The lowest BCUT2D eigenvalue weighted by atomic mass is 9.92. The van der Waals surface area contributed by atoms with Crippen molar-refractivity contribution < 1.29 is 29.0 Å². The van der Waals surface area contributed by atoms with E-state index in [0.29, 0.717) is 44.1 Å². The summed E-state index contributed by atoms with van der Waals surface area (Å²) in [6.07, 6.45) is 4.65. The minimum atomic E-state index is -2.03. The van der Waals surface area contributed by atoms with Gasteiger partial charge in [-0.2, -0.15) is 0 Å². The minimum absolute atomic E-state index is 0.0338. The Morgan fingerprint density at radius 2 is 1.71 bits per heavy atom. The number of nitrogens with zero attached hydrogens (tertiary/aromatic N) is 1. The number of hydrogen-bond donors (Lipinski definition) is 4. The highest BCUT2D eigenvalue weighted by Crippen LogP contribution is 2.22. The second-order valence-corrected chi connectivity index (χ2v) is 11.1. The molecule has 2 fully saturated rings. The van der Waals surface area contributed by atoms with E-state index in [1.807, 2.05) is 30.3 Å². The zero-order valence-corrected chi connectivity index (χ0v) is 23.6. The van der Waals surface area contributed by atoms with Gasteiger partial charge in [-0.05, 0) is 87.9 Å². The molecule has 1 unspecified atom stereocenters. The first-order chi connectivity index (χ1) is 19.7. The first-order valence-electron chi connectivity index (χ1n) is 14.4. The normalized spacial score (nSPS) is 19.0. The van der Waals surface area contributed by atoms with Gasteiger partial charge in [-0.3, -0.25) is 14.4 Å². The summed E-state index contributed by atoms with van der Waals surface area (Å²) in [5.74, 6) is -1.96. The number of carbonyl (C=O) groups excluding carboxylic acids is 3. The highest BCUT2D eigenvalue weighted by atomic mass is 16.5. The number of hydrogen-bond acceptors (Lipinski definition) is 6. The molecule has 2 aliphatic heterocycles. The fraction of sp³-hybridized carbons (Fsp3) is 0.484. The van der Waals surface area contributed by atoms with E-state index < -0.39 is 29.4 Å². The molecule has 3 amide bonds. The van der Waals surface area contributed by atoms with E-state index in [4.69, 9.17) is 4.74 Å². The van der Waals surface area contributed by atoms with Crippen molar-refractivity contribution in [2.75, 3.05) is 26.2 Å². The molecule has 220 valence electrons. The number of aliphatic carboxylic acids is 1. The van der Waals surface area contributed by atoms with Gasteiger partial charge in [0.15, 0.2) is 0 Å². The van der Waals surface area contributed by atoms with Crippen LogP contribution in [0.5, 0.6) is 5.75 Å². The molecule has 2 aliphatic rings. The molecule has 2 saturated heterocycles. The highest BCUT2D eigenvalue weighted by molar-refractivity contribution is 5.99. The Morgan fingerprint density at radius 3 is 2.39 bits per heavy atom. The van der Waals surface area contributed by atoms with E-state index in [1.165, 1.54) is 19.1 Å². The van der Waals surface area contributed by atoms with Crippen LogP contribution in [0.2, 0.25) is 0 Å². The average Bonchev–Trinajstić information content (AvgIpc) is 3.00. The van der Waals surface area contributed by atoms with E-state index in [2.05, 4.69) is 16.0 Å². The predicted molar refractivity (Wildman–Crippen MR) is 153 cm³/mol. The van der Waals surface area contributed by atoms with Crippen LogP contribution in [0, 0.1) is 11.8 Å². The molecule has 0 radical (unpaired) electrons. The van der Waals surface area contributed by atoms with Gasteiger partial charge in [0.2, 0.25) is 17.5 Å². The second-order valence-electron chi connectivity index (χ2n) is 11.1. The Labute approximate surface area is 240 Å². The van der Waals surface area contributed by atoms with Crippen LogP contribution in [0.25, 0.3) is 0 Å². The SMILES string of the molecule is C[C@](NC(=O)c1ccc(OCc2ccccc2)cc1)(NC(=O)C1CCCN(C(=O)CCC2CCNCC2)C1)C(=O)O. The lowest BCUT2D eigenvalue weighted by Crippen LogP contribution is -2.65. The van der Waals surface area contributed by atoms with Crippen LogP contribution >= 0.6 is 0 Å². The van der Waals surface area contributed by atoms with Crippen LogP contribution in [0.4, 0.5) is 0 Å². The second kappa shape index (κ2) is 14.1. The van der Waals surface area contributed by atoms with E-state index in [0.717, 1.165) is 37.9 Å². The standard InChI is InChI=1S/C31H40N4O6/c1-31(30(39)40,33-28(37)24-10-12-26(13-11-24)41-21-23-6-3-2-4-7-23)34-29(38)25-8-5-19-35(20-25)27(36)14-9-22-15-17-32-18-16-22/h2-4,6-7,10-13,22,25,32H,5,8-9,14-21H2,1H3,(H,33,37)(H,34,38)(H,39,40)/t25?,31-/m0/s1. The van der Waals surface area contributed by atoms with Crippen molar-refractivity contribution in [3.8, 4) is 5.75 Å². The topological polar surface area (TPSA) is 137 Å². The van der Waals surface area contributed by atoms with Crippen molar-refractivity contribution in [1.29, 1.82) is 0 Å². The van der Waals surface area contributed by atoms with Gasteiger partial charge in [-0.25, -0.2) is 4.79 Å². The third-order valence-corrected chi connectivity index (χ3v) is 7.90. The summed E-state index contributed by atoms with van der Waals surface area (Å²) < 4.78 is 5.74. The molecule has 2 atom stereocenters.